The molecule has 0 unspecified atom stereocenters. The zero-order valence-corrected chi connectivity index (χ0v) is 17.2. The van der Waals surface area contributed by atoms with E-state index in [9.17, 15) is 0 Å². The Balaban J connectivity index is 1.47. The molecule has 7 nitrogen and oxygen atoms in total. The number of para-hydroxylation sites is 1. The van der Waals surface area contributed by atoms with Crippen LogP contribution >= 0.6 is 0 Å². The Hall–Kier alpha value is -3.22. The smallest absolute Gasteiger partial charge is 0.191 e. The quantitative estimate of drug-likeness (QED) is 0.314. The molecule has 3 rings (SSSR count). The van der Waals surface area contributed by atoms with E-state index in [1.807, 2.05) is 36.0 Å². The van der Waals surface area contributed by atoms with Gasteiger partial charge in [0.25, 0.3) is 0 Å². The van der Waals surface area contributed by atoms with Crippen LogP contribution in [0.1, 0.15) is 17.9 Å². The summed E-state index contributed by atoms with van der Waals surface area (Å²) in [6.45, 7) is 3.15. The van der Waals surface area contributed by atoms with Crippen molar-refractivity contribution in [1.82, 2.24) is 20.4 Å². The van der Waals surface area contributed by atoms with Crippen molar-refractivity contribution in [2.75, 3.05) is 31.6 Å². The predicted molar refractivity (Wildman–Crippen MR) is 117 cm³/mol. The Kier molecular flexibility index (Phi) is 7.74. The molecule has 2 N–H and O–H groups in total. The lowest BCUT2D eigenvalue weighted by Gasteiger charge is -2.19. The van der Waals surface area contributed by atoms with Gasteiger partial charge in [-0.3, -0.25) is 4.68 Å². The molecule has 0 radical (unpaired) electrons. The maximum Gasteiger partial charge on any atom is 0.191 e. The van der Waals surface area contributed by atoms with Crippen molar-refractivity contribution in [3.63, 3.8) is 0 Å². The molecular weight excluding hydrogens is 364 g/mol. The highest BCUT2D eigenvalue weighted by Crippen LogP contribution is 2.10. The Morgan fingerprint density at radius 1 is 1.10 bits per heavy atom. The van der Waals surface area contributed by atoms with Crippen LogP contribution in [0.25, 0.3) is 0 Å². The van der Waals surface area contributed by atoms with Gasteiger partial charge in [-0.2, -0.15) is 5.10 Å². The highest BCUT2D eigenvalue weighted by molar-refractivity contribution is 5.79. The molecule has 2 aromatic heterocycles. The van der Waals surface area contributed by atoms with Gasteiger partial charge in [-0.05, 0) is 36.8 Å². The SMILES string of the molecule is CN(CCCNC(=NCc1ccnn1C)NCCc1ccco1)c1ccccc1. The van der Waals surface area contributed by atoms with Crippen molar-refractivity contribution in [3.05, 3.63) is 72.4 Å². The molecule has 0 spiro atoms. The molecule has 29 heavy (non-hydrogen) atoms. The Morgan fingerprint density at radius 3 is 2.66 bits per heavy atom. The van der Waals surface area contributed by atoms with Crippen LogP contribution in [0.3, 0.4) is 0 Å². The van der Waals surface area contributed by atoms with E-state index in [0.717, 1.165) is 49.9 Å². The molecule has 0 bridgehead atoms. The third-order valence-corrected chi connectivity index (χ3v) is 4.73. The van der Waals surface area contributed by atoms with Gasteiger partial charge >= 0.3 is 0 Å². The van der Waals surface area contributed by atoms with Gasteiger partial charge in [0.15, 0.2) is 5.96 Å². The maximum absolute atomic E-state index is 5.40. The van der Waals surface area contributed by atoms with Crippen molar-refractivity contribution in [2.24, 2.45) is 12.0 Å². The molecule has 0 aliphatic heterocycles. The van der Waals surface area contributed by atoms with Gasteiger partial charge in [0.1, 0.15) is 5.76 Å². The van der Waals surface area contributed by atoms with Crippen LogP contribution in [0.5, 0.6) is 0 Å². The number of nitrogens with one attached hydrogen (secondary N) is 2. The fourth-order valence-corrected chi connectivity index (χ4v) is 2.98. The lowest BCUT2D eigenvalue weighted by Crippen LogP contribution is -2.39. The van der Waals surface area contributed by atoms with Crippen LogP contribution in [0.2, 0.25) is 0 Å². The Morgan fingerprint density at radius 2 is 1.93 bits per heavy atom. The first kappa shape index (κ1) is 20.5. The van der Waals surface area contributed by atoms with Gasteiger partial charge in [-0.25, -0.2) is 4.99 Å². The lowest BCUT2D eigenvalue weighted by molar-refractivity contribution is 0.506. The van der Waals surface area contributed by atoms with Crippen LogP contribution in [-0.2, 0) is 20.0 Å². The first-order valence-corrected chi connectivity index (χ1v) is 10.00. The summed E-state index contributed by atoms with van der Waals surface area (Å²) >= 11 is 0. The molecule has 7 heteroatoms. The van der Waals surface area contributed by atoms with Crippen molar-refractivity contribution in [3.8, 4) is 0 Å². The van der Waals surface area contributed by atoms with Crippen molar-refractivity contribution in [1.29, 1.82) is 0 Å². The summed E-state index contributed by atoms with van der Waals surface area (Å²) < 4.78 is 7.25. The molecule has 0 amide bonds. The number of hydrogen-bond acceptors (Lipinski definition) is 4. The molecule has 0 fully saturated rings. The number of hydrogen-bond donors (Lipinski definition) is 2. The number of rotatable bonds is 10. The zero-order chi connectivity index (χ0) is 20.3. The van der Waals surface area contributed by atoms with E-state index in [1.54, 1.807) is 12.5 Å². The number of nitrogens with zero attached hydrogens (tertiary/aromatic N) is 4. The fourth-order valence-electron chi connectivity index (χ4n) is 2.98. The monoisotopic (exact) mass is 394 g/mol. The van der Waals surface area contributed by atoms with Crippen LogP contribution < -0.4 is 15.5 Å². The lowest BCUT2D eigenvalue weighted by atomic mass is 10.3. The molecule has 0 aliphatic rings. The van der Waals surface area contributed by atoms with Gasteiger partial charge in [-0.1, -0.05) is 18.2 Å². The summed E-state index contributed by atoms with van der Waals surface area (Å²) in [5, 5.41) is 11.0. The number of benzene rings is 1. The molecule has 0 atom stereocenters. The van der Waals surface area contributed by atoms with Crippen LogP contribution in [0.4, 0.5) is 5.69 Å². The highest BCUT2D eigenvalue weighted by atomic mass is 16.3. The molecule has 0 aliphatic carbocycles. The van der Waals surface area contributed by atoms with E-state index in [0.29, 0.717) is 6.54 Å². The van der Waals surface area contributed by atoms with Crippen LogP contribution in [-0.4, -0.2) is 42.4 Å². The molecule has 2 heterocycles. The second-order valence-electron chi connectivity index (χ2n) is 6.90. The molecule has 0 saturated heterocycles. The molecule has 0 saturated carbocycles. The minimum atomic E-state index is 0.580. The van der Waals surface area contributed by atoms with E-state index in [4.69, 9.17) is 9.41 Å². The Labute approximate surface area is 172 Å². The normalized spacial score (nSPS) is 11.4. The van der Waals surface area contributed by atoms with E-state index in [2.05, 4.69) is 51.9 Å². The molecule has 1 aromatic carbocycles. The van der Waals surface area contributed by atoms with E-state index >= 15 is 0 Å². The fraction of sp³-hybridized carbons (Fsp3) is 0.364. The third kappa shape index (κ3) is 6.71. The van der Waals surface area contributed by atoms with Crippen LogP contribution in [0.15, 0.2) is 70.4 Å². The van der Waals surface area contributed by atoms with E-state index < -0.39 is 0 Å². The van der Waals surface area contributed by atoms with Crippen molar-refractivity contribution in [2.45, 2.75) is 19.4 Å². The second-order valence-corrected chi connectivity index (χ2v) is 6.90. The number of aliphatic imine (C=N–C) groups is 1. The number of aryl methyl sites for hydroxylation is 1. The number of guanidine groups is 1. The predicted octanol–water partition coefficient (Wildman–Crippen LogP) is 2.82. The zero-order valence-electron chi connectivity index (χ0n) is 17.2. The van der Waals surface area contributed by atoms with Crippen molar-refractivity contribution < 1.29 is 4.42 Å². The van der Waals surface area contributed by atoms with Gasteiger partial charge in [0, 0.05) is 52.0 Å². The maximum atomic E-state index is 5.40. The minimum absolute atomic E-state index is 0.580. The summed E-state index contributed by atoms with van der Waals surface area (Å²) in [6.07, 6.45) is 5.32. The summed E-state index contributed by atoms with van der Waals surface area (Å²) in [6, 6.07) is 16.3. The molecule has 3 aromatic rings. The average molecular weight is 395 g/mol. The van der Waals surface area contributed by atoms with Crippen LogP contribution in [0, 0.1) is 0 Å². The minimum Gasteiger partial charge on any atom is -0.469 e. The van der Waals surface area contributed by atoms with Gasteiger partial charge < -0.3 is 20.0 Å². The second kappa shape index (κ2) is 10.9. The van der Waals surface area contributed by atoms with E-state index in [1.165, 1.54) is 5.69 Å². The third-order valence-electron chi connectivity index (χ3n) is 4.73. The summed E-state index contributed by atoms with van der Waals surface area (Å²) in [7, 11) is 4.05. The summed E-state index contributed by atoms with van der Waals surface area (Å²) in [4.78, 5) is 6.97. The van der Waals surface area contributed by atoms with Gasteiger partial charge in [-0.15, -0.1) is 0 Å². The highest BCUT2D eigenvalue weighted by Gasteiger charge is 2.04. The number of furan rings is 1. The van der Waals surface area contributed by atoms with Gasteiger partial charge in [0.05, 0.1) is 18.5 Å². The first-order chi connectivity index (χ1) is 14.2. The van der Waals surface area contributed by atoms with Gasteiger partial charge in [0.2, 0.25) is 0 Å². The topological polar surface area (TPSA) is 70.6 Å². The first-order valence-electron chi connectivity index (χ1n) is 10.00. The van der Waals surface area contributed by atoms with E-state index in [-0.39, 0.29) is 0 Å². The number of aromatic nitrogens is 2. The molecular formula is C22H30N6O. The van der Waals surface area contributed by atoms with Crippen molar-refractivity contribution >= 4 is 11.6 Å². The molecule has 154 valence electrons. The summed E-state index contributed by atoms with van der Waals surface area (Å²) in [5.74, 6) is 1.77. The largest absolute Gasteiger partial charge is 0.469 e. The number of anilines is 1. The summed E-state index contributed by atoms with van der Waals surface area (Å²) in [5.41, 5.74) is 2.30. The standard InChI is InChI=1S/C22H30N6O/c1-27(19-8-4-3-5-9-19)16-7-13-23-22(24-14-12-21-10-6-17-29-21)25-18-20-11-15-26-28(20)2/h3-6,8-11,15,17H,7,12-14,16,18H2,1-2H3,(H2,23,24,25). The Bertz CT molecular complexity index is 857. The average Bonchev–Trinajstić information content (AvgIpc) is 3.41.